The summed E-state index contributed by atoms with van der Waals surface area (Å²) in [5.74, 6) is 2.61. The zero-order valence-corrected chi connectivity index (χ0v) is 25.7. The van der Waals surface area contributed by atoms with E-state index in [0.717, 1.165) is 25.9 Å². The van der Waals surface area contributed by atoms with Gasteiger partial charge in [-0.2, -0.15) is 11.8 Å². The van der Waals surface area contributed by atoms with Crippen molar-refractivity contribution < 1.29 is 14.4 Å². The van der Waals surface area contributed by atoms with Gasteiger partial charge in [-0.1, -0.05) is 103 Å². The van der Waals surface area contributed by atoms with Crippen LogP contribution < -0.4 is 10.6 Å². The van der Waals surface area contributed by atoms with Crippen LogP contribution in [0.2, 0.25) is 0 Å². The van der Waals surface area contributed by atoms with Crippen LogP contribution in [0.3, 0.4) is 0 Å². The van der Waals surface area contributed by atoms with Crippen LogP contribution >= 0.6 is 19.4 Å². The van der Waals surface area contributed by atoms with E-state index in [9.17, 15) is 4.57 Å². The summed E-state index contributed by atoms with van der Waals surface area (Å²) in [6.45, 7) is 7.01. The van der Waals surface area contributed by atoms with Crippen molar-refractivity contribution in [3.05, 3.63) is 0 Å². The van der Waals surface area contributed by atoms with E-state index < -0.39 is 7.60 Å². The van der Waals surface area contributed by atoms with Crippen molar-refractivity contribution in [2.45, 2.75) is 142 Å². The Hall–Kier alpha value is 0.420. The van der Waals surface area contributed by atoms with Gasteiger partial charge in [-0.05, 0) is 76.2 Å². The molecule has 0 radical (unpaired) electrons. The molecule has 0 aliphatic carbocycles. The number of thioether (sulfide) groups is 1. The second kappa shape index (κ2) is 30.0. The summed E-state index contributed by atoms with van der Waals surface area (Å²) >= 11 is 2.12. The summed E-state index contributed by atoms with van der Waals surface area (Å²) in [7, 11) is -3.78. The van der Waals surface area contributed by atoms with Crippen molar-refractivity contribution in [1.29, 1.82) is 0 Å². The Morgan fingerprint density at radius 2 is 0.861 bits per heavy atom. The quantitative estimate of drug-likeness (QED) is 0.0513. The zero-order valence-electron chi connectivity index (χ0n) is 24.0. The Bertz CT molecular complexity index is 466. The molecule has 0 heterocycles. The summed E-state index contributed by atoms with van der Waals surface area (Å²) in [5.41, 5.74) is 0. The van der Waals surface area contributed by atoms with Gasteiger partial charge in [0.05, 0.1) is 0 Å². The minimum absolute atomic E-state index is 0.0517. The molecular formula is C29H63N2O3PS. The molecule has 0 bridgehead atoms. The van der Waals surface area contributed by atoms with Crippen molar-refractivity contribution in [3.8, 4) is 0 Å². The van der Waals surface area contributed by atoms with E-state index in [1.165, 1.54) is 140 Å². The maximum absolute atomic E-state index is 10.8. The molecule has 0 rings (SSSR count). The van der Waals surface area contributed by atoms with Gasteiger partial charge in [0.25, 0.3) is 0 Å². The Balaban J connectivity index is 3.04. The molecular weight excluding hydrogens is 487 g/mol. The molecule has 0 spiro atoms. The van der Waals surface area contributed by atoms with Gasteiger partial charge in [-0.3, -0.25) is 4.57 Å². The first-order valence-corrected chi connectivity index (χ1v) is 18.5. The Morgan fingerprint density at radius 1 is 0.500 bits per heavy atom. The molecule has 0 aromatic heterocycles. The molecule has 5 nitrogen and oxygen atoms in total. The molecule has 0 aromatic rings. The van der Waals surface area contributed by atoms with Gasteiger partial charge in [0, 0.05) is 6.16 Å². The molecule has 0 unspecified atom stereocenters. The van der Waals surface area contributed by atoms with Crippen LogP contribution in [0.25, 0.3) is 0 Å². The summed E-state index contributed by atoms with van der Waals surface area (Å²) < 4.78 is 10.8. The second-order valence-electron chi connectivity index (χ2n) is 10.6. The minimum Gasteiger partial charge on any atom is -0.324 e. The van der Waals surface area contributed by atoms with Gasteiger partial charge in [-0.15, -0.1) is 0 Å². The van der Waals surface area contributed by atoms with Crippen LogP contribution in [0.4, 0.5) is 0 Å². The largest absolute Gasteiger partial charge is 0.325 e. The zero-order chi connectivity index (χ0) is 26.4. The summed E-state index contributed by atoms with van der Waals surface area (Å²) in [5, 5.41) is 7.21. The number of rotatable bonds is 31. The van der Waals surface area contributed by atoms with E-state index in [-0.39, 0.29) is 6.16 Å². The van der Waals surface area contributed by atoms with E-state index in [0.29, 0.717) is 6.42 Å². The third kappa shape index (κ3) is 34.4. The smallest absolute Gasteiger partial charge is 0.324 e. The van der Waals surface area contributed by atoms with E-state index in [1.807, 2.05) is 0 Å². The van der Waals surface area contributed by atoms with Gasteiger partial charge in [0.1, 0.15) is 0 Å². The minimum atomic E-state index is -3.78. The van der Waals surface area contributed by atoms with Crippen molar-refractivity contribution in [2.75, 3.05) is 43.8 Å². The van der Waals surface area contributed by atoms with Crippen LogP contribution in [0.15, 0.2) is 0 Å². The van der Waals surface area contributed by atoms with Crippen molar-refractivity contribution in [1.82, 2.24) is 10.6 Å². The summed E-state index contributed by atoms with van der Waals surface area (Å²) in [4.78, 5) is 17.7. The van der Waals surface area contributed by atoms with Crippen molar-refractivity contribution in [3.63, 3.8) is 0 Å². The van der Waals surface area contributed by atoms with E-state index in [2.05, 4.69) is 29.3 Å². The topological polar surface area (TPSA) is 81.6 Å². The van der Waals surface area contributed by atoms with E-state index >= 15 is 0 Å². The molecule has 0 amide bonds. The highest BCUT2D eigenvalue weighted by Gasteiger charge is 2.10. The maximum atomic E-state index is 10.8. The molecule has 0 aliphatic rings. The van der Waals surface area contributed by atoms with E-state index in [4.69, 9.17) is 9.79 Å². The van der Waals surface area contributed by atoms with Gasteiger partial charge in [0.15, 0.2) is 0 Å². The fourth-order valence-electron chi connectivity index (χ4n) is 4.47. The average molecular weight is 551 g/mol. The molecule has 4 N–H and O–H groups in total. The SMILES string of the molecule is CCCCCCCCCCNCCCCCSCCCNCCCCCCCCCCCP(=O)(O)O. The Kier molecular flexibility index (Phi) is 30.3. The van der Waals surface area contributed by atoms with Gasteiger partial charge >= 0.3 is 7.60 Å². The predicted octanol–water partition coefficient (Wildman–Crippen LogP) is 8.29. The maximum Gasteiger partial charge on any atom is 0.325 e. The van der Waals surface area contributed by atoms with E-state index in [1.54, 1.807) is 0 Å². The van der Waals surface area contributed by atoms with Crippen LogP contribution in [0.1, 0.15) is 142 Å². The van der Waals surface area contributed by atoms with Crippen LogP contribution in [-0.2, 0) is 4.57 Å². The number of nitrogens with one attached hydrogen (secondary N) is 2. The summed E-state index contributed by atoms with van der Waals surface area (Å²) in [6, 6.07) is 0. The highest BCUT2D eigenvalue weighted by molar-refractivity contribution is 7.99. The monoisotopic (exact) mass is 550 g/mol. The van der Waals surface area contributed by atoms with Crippen LogP contribution in [0, 0.1) is 0 Å². The Morgan fingerprint density at radius 3 is 1.33 bits per heavy atom. The average Bonchev–Trinajstić information content (AvgIpc) is 2.84. The van der Waals surface area contributed by atoms with Crippen LogP contribution in [-0.4, -0.2) is 53.6 Å². The van der Waals surface area contributed by atoms with Crippen molar-refractivity contribution in [2.24, 2.45) is 0 Å². The number of hydrogen-bond donors (Lipinski definition) is 4. The lowest BCUT2D eigenvalue weighted by Gasteiger charge is -2.06. The predicted molar refractivity (Wildman–Crippen MR) is 163 cm³/mol. The number of unbranched alkanes of at least 4 members (excludes halogenated alkanes) is 17. The lowest BCUT2D eigenvalue weighted by molar-refractivity contribution is 0.370. The standard InChI is InChI=1S/C29H63N2O3PS/c1-2-3-4-5-6-10-13-17-23-30-25-19-16-21-28-36-29-22-26-31-24-18-14-11-8-7-9-12-15-20-27-35(32,33)34/h30-31H,2-29H2,1H3,(H2,32,33,34). The highest BCUT2D eigenvalue weighted by Crippen LogP contribution is 2.35. The highest BCUT2D eigenvalue weighted by atomic mass is 32.2. The molecule has 218 valence electrons. The summed E-state index contributed by atoms with van der Waals surface area (Å²) in [6.07, 6.45) is 27.0. The molecule has 0 atom stereocenters. The third-order valence-corrected chi connectivity index (χ3v) is 8.85. The lowest BCUT2D eigenvalue weighted by Crippen LogP contribution is -2.17. The molecule has 0 aliphatic heterocycles. The lowest BCUT2D eigenvalue weighted by atomic mass is 10.1. The molecule has 7 heteroatoms. The second-order valence-corrected chi connectivity index (χ2v) is 13.6. The van der Waals surface area contributed by atoms with Gasteiger partial charge in [0.2, 0.25) is 0 Å². The fraction of sp³-hybridized carbons (Fsp3) is 1.00. The first kappa shape index (κ1) is 36.4. The van der Waals surface area contributed by atoms with Gasteiger partial charge in [-0.25, -0.2) is 0 Å². The van der Waals surface area contributed by atoms with Crippen molar-refractivity contribution >= 4 is 19.4 Å². The normalized spacial score (nSPS) is 12.0. The molecule has 0 fully saturated rings. The molecule has 0 saturated carbocycles. The first-order chi connectivity index (χ1) is 17.6. The molecule has 0 saturated heterocycles. The fourth-order valence-corrected chi connectivity index (χ4v) is 6.07. The van der Waals surface area contributed by atoms with Crippen LogP contribution in [0.5, 0.6) is 0 Å². The molecule has 0 aromatic carbocycles. The molecule has 36 heavy (non-hydrogen) atoms. The Labute approximate surface area is 229 Å². The third-order valence-electron chi connectivity index (χ3n) is 6.79. The van der Waals surface area contributed by atoms with Gasteiger partial charge < -0.3 is 20.4 Å². The first-order valence-electron chi connectivity index (χ1n) is 15.6. The number of hydrogen-bond acceptors (Lipinski definition) is 4.